The molecule has 0 spiro atoms. The summed E-state index contributed by atoms with van der Waals surface area (Å²) in [5.74, 6) is 0.0856. The summed E-state index contributed by atoms with van der Waals surface area (Å²) in [5, 5.41) is 5.51. The number of benzene rings is 1. The highest BCUT2D eigenvalue weighted by molar-refractivity contribution is 5.80. The number of rotatable bonds is 6. The third kappa shape index (κ3) is 5.38. The molecule has 1 fully saturated rings. The van der Waals surface area contributed by atoms with Crippen LogP contribution >= 0.6 is 0 Å². The van der Waals surface area contributed by atoms with E-state index in [4.69, 9.17) is 0 Å². The summed E-state index contributed by atoms with van der Waals surface area (Å²) in [6, 6.07) is 5.39. The lowest BCUT2D eigenvalue weighted by molar-refractivity contribution is -0.274. The predicted molar refractivity (Wildman–Crippen MR) is 67.3 cm³/mol. The molecule has 1 aromatic carbocycles. The maximum Gasteiger partial charge on any atom is 0.573 e. The average Bonchev–Trinajstić information content (AvgIpc) is 3.16. The van der Waals surface area contributed by atoms with E-state index in [-0.39, 0.29) is 18.2 Å². The third-order valence-electron chi connectivity index (χ3n) is 2.81. The van der Waals surface area contributed by atoms with Gasteiger partial charge in [0, 0.05) is 18.3 Å². The van der Waals surface area contributed by atoms with Crippen LogP contribution in [0.1, 0.15) is 12.8 Å². The van der Waals surface area contributed by atoms with Gasteiger partial charge in [0.2, 0.25) is 5.91 Å². The van der Waals surface area contributed by atoms with Gasteiger partial charge in [-0.05, 0) is 30.9 Å². The molecule has 1 saturated carbocycles. The molecule has 1 aliphatic carbocycles. The van der Waals surface area contributed by atoms with E-state index in [0.29, 0.717) is 18.2 Å². The van der Waals surface area contributed by atoms with Gasteiger partial charge in [-0.2, -0.15) is 0 Å². The van der Waals surface area contributed by atoms with E-state index in [1.165, 1.54) is 18.2 Å². The van der Waals surface area contributed by atoms with Crippen LogP contribution in [-0.4, -0.2) is 25.4 Å². The van der Waals surface area contributed by atoms with E-state index < -0.39 is 6.36 Å². The number of halogens is 3. The molecule has 0 saturated heterocycles. The van der Waals surface area contributed by atoms with Gasteiger partial charge >= 0.3 is 6.36 Å². The van der Waals surface area contributed by atoms with Crippen molar-refractivity contribution in [3.63, 3.8) is 0 Å². The highest BCUT2D eigenvalue weighted by Crippen LogP contribution is 2.27. The van der Waals surface area contributed by atoms with E-state index in [1.807, 2.05) is 0 Å². The first-order valence-electron chi connectivity index (χ1n) is 6.29. The zero-order valence-corrected chi connectivity index (χ0v) is 10.7. The summed E-state index contributed by atoms with van der Waals surface area (Å²) in [5.41, 5.74) is 0.397. The van der Waals surface area contributed by atoms with Crippen LogP contribution in [0.5, 0.6) is 5.75 Å². The maximum absolute atomic E-state index is 12.1. The van der Waals surface area contributed by atoms with Crippen molar-refractivity contribution < 1.29 is 22.7 Å². The van der Waals surface area contributed by atoms with Crippen LogP contribution in [0.2, 0.25) is 0 Å². The first kappa shape index (κ1) is 14.5. The molecule has 0 bridgehead atoms. The van der Waals surface area contributed by atoms with Gasteiger partial charge in [-0.15, -0.1) is 13.2 Å². The van der Waals surface area contributed by atoms with Crippen molar-refractivity contribution >= 4 is 11.6 Å². The molecule has 1 aromatic rings. The summed E-state index contributed by atoms with van der Waals surface area (Å²) in [4.78, 5) is 11.5. The minimum Gasteiger partial charge on any atom is -0.406 e. The van der Waals surface area contributed by atoms with Gasteiger partial charge in [-0.3, -0.25) is 4.79 Å². The largest absolute Gasteiger partial charge is 0.573 e. The Kier molecular flexibility index (Phi) is 4.36. The van der Waals surface area contributed by atoms with Gasteiger partial charge in [0.25, 0.3) is 0 Å². The Morgan fingerprint density at radius 2 is 2.10 bits per heavy atom. The number of alkyl halides is 3. The molecule has 0 radical (unpaired) electrons. The zero-order chi connectivity index (χ0) is 14.6. The zero-order valence-electron chi connectivity index (χ0n) is 10.7. The standard InChI is InChI=1S/C13H15F3N2O2/c14-13(15,16)20-11-3-1-2-10(6-11)17-8-12(19)18-7-9-4-5-9/h1-3,6,9,17H,4-5,7-8H2,(H,18,19). The Balaban J connectivity index is 1.79. The summed E-state index contributed by atoms with van der Waals surface area (Å²) < 4.78 is 40.0. The Hall–Kier alpha value is -1.92. The van der Waals surface area contributed by atoms with Gasteiger partial charge in [-0.1, -0.05) is 6.07 Å². The molecule has 2 N–H and O–H groups in total. The van der Waals surface area contributed by atoms with Gasteiger partial charge < -0.3 is 15.4 Å². The minimum atomic E-state index is -4.72. The van der Waals surface area contributed by atoms with E-state index >= 15 is 0 Å². The number of amides is 1. The quantitative estimate of drug-likeness (QED) is 0.845. The van der Waals surface area contributed by atoms with Gasteiger partial charge in [0.05, 0.1) is 6.54 Å². The first-order valence-corrected chi connectivity index (χ1v) is 6.29. The SMILES string of the molecule is O=C(CNc1cccc(OC(F)(F)F)c1)NCC1CC1. The van der Waals surface area contributed by atoms with Crippen LogP contribution in [0.15, 0.2) is 24.3 Å². The number of anilines is 1. The fourth-order valence-corrected chi connectivity index (χ4v) is 1.63. The molecule has 20 heavy (non-hydrogen) atoms. The Labute approximate surface area is 114 Å². The molecule has 7 heteroatoms. The molecule has 0 aromatic heterocycles. The van der Waals surface area contributed by atoms with Crippen LogP contribution < -0.4 is 15.4 Å². The first-order chi connectivity index (χ1) is 9.42. The second-order valence-corrected chi connectivity index (χ2v) is 4.68. The van der Waals surface area contributed by atoms with Gasteiger partial charge in [-0.25, -0.2) is 0 Å². The number of carbonyl (C=O) groups is 1. The van der Waals surface area contributed by atoms with Crippen molar-refractivity contribution in [3.05, 3.63) is 24.3 Å². The lowest BCUT2D eigenvalue weighted by Crippen LogP contribution is -2.31. The number of hydrogen-bond acceptors (Lipinski definition) is 3. The van der Waals surface area contributed by atoms with E-state index in [2.05, 4.69) is 15.4 Å². The van der Waals surface area contributed by atoms with Crippen molar-refractivity contribution in [1.29, 1.82) is 0 Å². The smallest absolute Gasteiger partial charge is 0.406 e. The van der Waals surface area contributed by atoms with Crippen molar-refractivity contribution in [1.82, 2.24) is 5.32 Å². The molecule has 2 rings (SSSR count). The molecule has 0 aliphatic heterocycles. The van der Waals surface area contributed by atoms with E-state index in [0.717, 1.165) is 12.8 Å². The number of nitrogens with one attached hydrogen (secondary N) is 2. The van der Waals surface area contributed by atoms with E-state index in [1.54, 1.807) is 6.07 Å². The molecule has 4 nitrogen and oxygen atoms in total. The van der Waals surface area contributed by atoms with Crippen molar-refractivity contribution in [2.75, 3.05) is 18.4 Å². The average molecular weight is 288 g/mol. The molecule has 1 aliphatic rings. The van der Waals surface area contributed by atoms with Crippen molar-refractivity contribution in [2.24, 2.45) is 5.92 Å². The second kappa shape index (κ2) is 6.02. The van der Waals surface area contributed by atoms with Crippen molar-refractivity contribution in [3.8, 4) is 5.75 Å². The highest BCUT2D eigenvalue weighted by Gasteiger charge is 2.31. The summed E-state index contributed by atoms with van der Waals surface area (Å²) in [7, 11) is 0. The second-order valence-electron chi connectivity index (χ2n) is 4.68. The van der Waals surface area contributed by atoms with Crippen LogP contribution in [0.4, 0.5) is 18.9 Å². The van der Waals surface area contributed by atoms with E-state index in [9.17, 15) is 18.0 Å². The number of carbonyl (C=O) groups excluding carboxylic acids is 1. The fourth-order valence-electron chi connectivity index (χ4n) is 1.63. The maximum atomic E-state index is 12.1. The van der Waals surface area contributed by atoms with Crippen LogP contribution in [0, 0.1) is 5.92 Å². The number of ether oxygens (including phenoxy) is 1. The molecule has 110 valence electrons. The Bertz CT molecular complexity index is 473. The van der Waals surface area contributed by atoms with Crippen molar-refractivity contribution in [2.45, 2.75) is 19.2 Å². The summed E-state index contributed by atoms with van der Waals surface area (Å²) >= 11 is 0. The summed E-state index contributed by atoms with van der Waals surface area (Å²) in [6.45, 7) is 0.680. The topological polar surface area (TPSA) is 50.4 Å². The van der Waals surface area contributed by atoms with Gasteiger partial charge in [0.15, 0.2) is 0 Å². The normalized spacial score (nSPS) is 14.8. The molecule has 0 unspecified atom stereocenters. The lowest BCUT2D eigenvalue weighted by atomic mass is 10.3. The fraction of sp³-hybridized carbons (Fsp3) is 0.462. The highest BCUT2D eigenvalue weighted by atomic mass is 19.4. The molecule has 1 amide bonds. The number of hydrogen-bond donors (Lipinski definition) is 2. The predicted octanol–water partition coefficient (Wildman–Crippen LogP) is 2.52. The van der Waals surface area contributed by atoms with Crippen LogP contribution in [-0.2, 0) is 4.79 Å². The third-order valence-corrected chi connectivity index (χ3v) is 2.81. The van der Waals surface area contributed by atoms with Crippen LogP contribution in [0.3, 0.4) is 0 Å². The molecule has 0 heterocycles. The summed E-state index contributed by atoms with van der Waals surface area (Å²) in [6.07, 6.45) is -2.44. The van der Waals surface area contributed by atoms with Gasteiger partial charge in [0.1, 0.15) is 5.75 Å². The molecular weight excluding hydrogens is 273 g/mol. The van der Waals surface area contributed by atoms with Crippen LogP contribution in [0.25, 0.3) is 0 Å². The molecular formula is C13H15F3N2O2. The lowest BCUT2D eigenvalue weighted by Gasteiger charge is -2.11. The minimum absolute atomic E-state index is 0.0161. The Morgan fingerprint density at radius 1 is 1.35 bits per heavy atom. The monoisotopic (exact) mass is 288 g/mol. The molecule has 0 atom stereocenters. The Morgan fingerprint density at radius 3 is 2.75 bits per heavy atom.